The van der Waals surface area contributed by atoms with Crippen molar-refractivity contribution in [2.24, 2.45) is 0 Å². The van der Waals surface area contributed by atoms with Crippen LogP contribution >= 0.6 is 0 Å². The number of hydrogen-bond donors (Lipinski definition) is 2. The van der Waals surface area contributed by atoms with E-state index in [4.69, 9.17) is 4.74 Å². The van der Waals surface area contributed by atoms with Gasteiger partial charge < -0.3 is 15.4 Å². The third-order valence-electron chi connectivity index (χ3n) is 4.80. The molecule has 0 aromatic heterocycles. The Bertz CT molecular complexity index is 1140. The summed E-state index contributed by atoms with van der Waals surface area (Å²) in [6.45, 7) is 2.30. The number of sulfonamides is 1. The molecule has 2 aromatic rings. The van der Waals surface area contributed by atoms with Crippen LogP contribution in [-0.4, -0.2) is 62.3 Å². The number of morpholine rings is 1. The van der Waals surface area contributed by atoms with Gasteiger partial charge in [-0.2, -0.15) is 4.31 Å². The lowest BCUT2D eigenvalue weighted by atomic mass is 10.1. The first-order chi connectivity index (χ1) is 15.2. The van der Waals surface area contributed by atoms with E-state index in [0.29, 0.717) is 18.8 Å². The second kappa shape index (κ2) is 9.85. The molecule has 1 aliphatic rings. The van der Waals surface area contributed by atoms with Crippen molar-refractivity contribution in [2.75, 3.05) is 38.2 Å². The molecule has 0 unspecified atom stereocenters. The maximum Gasteiger partial charge on any atom is 0.273 e. The molecule has 3 rings (SSSR count). The first kappa shape index (κ1) is 23.3. The Labute approximate surface area is 184 Å². The quantitative estimate of drug-likeness (QED) is 0.465. The molecule has 2 N–H and O–H groups in total. The highest BCUT2D eigenvalue weighted by atomic mass is 32.2. The monoisotopic (exact) mass is 462 g/mol. The van der Waals surface area contributed by atoms with Crippen molar-refractivity contribution in [3.05, 3.63) is 63.7 Å². The van der Waals surface area contributed by atoms with Crippen LogP contribution in [0.3, 0.4) is 0 Å². The van der Waals surface area contributed by atoms with E-state index < -0.39 is 33.3 Å². The minimum Gasteiger partial charge on any atom is -0.379 e. The molecule has 2 aromatic carbocycles. The minimum absolute atomic E-state index is 0.0354. The normalized spacial score (nSPS) is 14.5. The molecule has 0 bridgehead atoms. The van der Waals surface area contributed by atoms with Crippen molar-refractivity contribution in [3.63, 3.8) is 0 Å². The summed E-state index contributed by atoms with van der Waals surface area (Å²) in [5, 5.41) is 15.9. The number of aryl methyl sites for hydroxylation is 1. The van der Waals surface area contributed by atoms with Gasteiger partial charge in [0.2, 0.25) is 15.9 Å². The van der Waals surface area contributed by atoms with Crippen LogP contribution in [0.5, 0.6) is 0 Å². The number of rotatable bonds is 7. The van der Waals surface area contributed by atoms with E-state index in [1.165, 1.54) is 40.7 Å². The average molecular weight is 462 g/mol. The number of carbonyl (C=O) groups is 2. The number of nitro groups is 1. The number of anilines is 1. The molecule has 2 amide bonds. The molecular formula is C20H22N4O7S. The van der Waals surface area contributed by atoms with Crippen LogP contribution < -0.4 is 10.6 Å². The predicted molar refractivity (Wildman–Crippen MR) is 115 cm³/mol. The maximum atomic E-state index is 12.7. The van der Waals surface area contributed by atoms with Gasteiger partial charge in [-0.1, -0.05) is 12.1 Å². The summed E-state index contributed by atoms with van der Waals surface area (Å²) in [6, 6.07) is 9.83. The van der Waals surface area contributed by atoms with Gasteiger partial charge in [-0.3, -0.25) is 19.7 Å². The largest absolute Gasteiger partial charge is 0.379 e. The van der Waals surface area contributed by atoms with Crippen LogP contribution in [0, 0.1) is 17.0 Å². The molecular weight excluding hydrogens is 440 g/mol. The molecule has 1 aliphatic heterocycles. The Morgan fingerprint density at radius 1 is 1.16 bits per heavy atom. The van der Waals surface area contributed by atoms with Gasteiger partial charge in [-0.15, -0.1) is 0 Å². The third-order valence-corrected chi connectivity index (χ3v) is 6.70. The molecule has 170 valence electrons. The minimum atomic E-state index is -3.72. The van der Waals surface area contributed by atoms with Crippen LogP contribution in [-0.2, 0) is 19.6 Å². The second-order valence-corrected chi connectivity index (χ2v) is 8.97. The summed E-state index contributed by atoms with van der Waals surface area (Å²) in [5.74, 6) is -1.23. The number of nitro benzene ring substituents is 1. The standard InChI is InChI=1S/C20H22N4O7S/c1-14-5-6-15(11-18(14)24(27)28)20(26)21-13-19(25)22-16-3-2-4-17(12-16)32(29,30)23-7-9-31-10-8-23/h2-6,11-12H,7-10,13H2,1H3,(H,21,26)(H,22,25). The summed E-state index contributed by atoms with van der Waals surface area (Å²) < 4.78 is 32.0. The molecule has 11 nitrogen and oxygen atoms in total. The van der Waals surface area contributed by atoms with Gasteiger partial charge >= 0.3 is 0 Å². The maximum absolute atomic E-state index is 12.7. The second-order valence-electron chi connectivity index (χ2n) is 7.03. The van der Waals surface area contributed by atoms with Crippen molar-refractivity contribution in [2.45, 2.75) is 11.8 Å². The van der Waals surface area contributed by atoms with Crippen molar-refractivity contribution in [3.8, 4) is 0 Å². The van der Waals surface area contributed by atoms with Gasteiger partial charge in [-0.05, 0) is 31.2 Å². The topological polar surface area (TPSA) is 148 Å². The summed E-state index contributed by atoms with van der Waals surface area (Å²) in [7, 11) is -3.72. The Morgan fingerprint density at radius 2 is 1.88 bits per heavy atom. The van der Waals surface area contributed by atoms with Crippen LogP contribution in [0.1, 0.15) is 15.9 Å². The van der Waals surface area contributed by atoms with Crippen LogP contribution in [0.25, 0.3) is 0 Å². The molecule has 12 heteroatoms. The van der Waals surface area contributed by atoms with Crippen molar-refractivity contribution >= 4 is 33.2 Å². The zero-order chi connectivity index (χ0) is 23.3. The molecule has 0 atom stereocenters. The van der Waals surface area contributed by atoms with Gasteiger partial charge in [0.1, 0.15) is 0 Å². The van der Waals surface area contributed by atoms with Crippen LogP contribution in [0.15, 0.2) is 47.4 Å². The zero-order valence-electron chi connectivity index (χ0n) is 17.2. The first-order valence-corrected chi connectivity index (χ1v) is 11.1. The number of carbonyl (C=O) groups excluding carboxylic acids is 2. The number of benzene rings is 2. The average Bonchev–Trinajstić information content (AvgIpc) is 2.78. The SMILES string of the molecule is Cc1ccc(C(=O)NCC(=O)Nc2cccc(S(=O)(=O)N3CCOCC3)c2)cc1[N+](=O)[O-]. The van der Waals surface area contributed by atoms with Crippen molar-refractivity contribution in [1.82, 2.24) is 9.62 Å². The molecule has 0 spiro atoms. The lowest BCUT2D eigenvalue weighted by Gasteiger charge is -2.26. The van der Waals surface area contributed by atoms with Gasteiger partial charge in [0.15, 0.2) is 0 Å². The lowest BCUT2D eigenvalue weighted by molar-refractivity contribution is -0.385. The molecule has 1 saturated heterocycles. The molecule has 1 fully saturated rings. The van der Waals surface area contributed by atoms with Gasteiger partial charge in [-0.25, -0.2) is 8.42 Å². The van der Waals surface area contributed by atoms with E-state index in [2.05, 4.69) is 10.6 Å². The fraction of sp³-hybridized carbons (Fsp3) is 0.300. The Kier molecular flexibility index (Phi) is 7.18. The summed E-state index contributed by atoms with van der Waals surface area (Å²) >= 11 is 0. The zero-order valence-corrected chi connectivity index (χ0v) is 18.1. The number of nitrogens with one attached hydrogen (secondary N) is 2. The number of ether oxygens (including phenoxy) is 1. The summed E-state index contributed by atoms with van der Waals surface area (Å²) in [4.78, 5) is 34.9. The number of nitrogens with zero attached hydrogens (tertiary/aromatic N) is 2. The predicted octanol–water partition coefficient (Wildman–Crippen LogP) is 1.29. The number of hydrogen-bond acceptors (Lipinski definition) is 7. The molecule has 0 radical (unpaired) electrons. The fourth-order valence-electron chi connectivity index (χ4n) is 3.09. The van der Waals surface area contributed by atoms with Crippen LogP contribution in [0.2, 0.25) is 0 Å². The molecule has 32 heavy (non-hydrogen) atoms. The Morgan fingerprint density at radius 3 is 2.56 bits per heavy atom. The van der Waals surface area contributed by atoms with E-state index in [1.807, 2.05) is 0 Å². The smallest absolute Gasteiger partial charge is 0.273 e. The van der Waals surface area contributed by atoms with Gasteiger partial charge in [0.05, 0.1) is 29.6 Å². The fourth-order valence-corrected chi connectivity index (χ4v) is 4.54. The Balaban J connectivity index is 1.62. The van der Waals surface area contributed by atoms with E-state index in [9.17, 15) is 28.1 Å². The van der Waals surface area contributed by atoms with Gasteiger partial charge in [0.25, 0.3) is 11.6 Å². The van der Waals surface area contributed by atoms with E-state index in [0.717, 1.165) is 6.07 Å². The van der Waals surface area contributed by atoms with E-state index >= 15 is 0 Å². The van der Waals surface area contributed by atoms with Crippen LogP contribution in [0.4, 0.5) is 11.4 Å². The van der Waals surface area contributed by atoms with E-state index in [-0.39, 0.29) is 34.9 Å². The third kappa shape index (κ3) is 5.46. The lowest BCUT2D eigenvalue weighted by Crippen LogP contribution is -2.40. The molecule has 1 heterocycles. The van der Waals surface area contributed by atoms with Gasteiger partial charge in [0, 0.05) is 36.0 Å². The number of amides is 2. The van der Waals surface area contributed by atoms with E-state index in [1.54, 1.807) is 6.92 Å². The Hall–Kier alpha value is -3.35. The first-order valence-electron chi connectivity index (χ1n) is 9.69. The highest BCUT2D eigenvalue weighted by Gasteiger charge is 2.26. The highest BCUT2D eigenvalue weighted by Crippen LogP contribution is 2.21. The molecule has 0 saturated carbocycles. The van der Waals surface area contributed by atoms with Crippen molar-refractivity contribution < 1.29 is 27.7 Å². The summed E-state index contributed by atoms with van der Waals surface area (Å²) in [6.07, 6.45) is 0. The molecule has 0 aliphatic carbocycles. The van der Waals surface area contributed by atoms with Crippen molar-refractivity contribution in [1.29, 1.82) is 0 Å². The highest BCUT2D eigenvalue weighted by molar-refractivity contribution is 7.89. The summed E-state index contributed by atoms with van der Waals surface area (Å²) in [5.41, 5.74) is 0.523.